The minimum atomic E-state index is -1.32. The third-order valence-electron chi connectivity index (χ3n) is 5.82. The zero-order valence-electron chi connectivity index (χ0n) is 20.0. The number of halogens is 1. The Morgan fingerprint density at radius 1 is 1.18 bits per heavy atom. The van der Waals surface area contributed by atoms with Gasteiger partial charge in [0.15, 0.2) is 0 Å². The van der Waals surface area contributed by atoms with Crippen LogP contribution in [0.4, 0.5) is 9.18 Å². The van der Waals surface area contributed by atoms with Crippen molar-refractivity contribution in [1.29, 1.82) is 5.41 Å². The van der Waals surface area contributed by atoms with Crippen LogP contribution < -0.4 is 4.74 Å². The van der Waals surface area contributed by atoms with E-state index >= 15 is 0 Å². The first-order chi connectivity index (χ1) is 16.1. The fraction of sp³-hybridized carbons (Fsp3) is 0.423. The number of hydrogen-bond donors (Lipinski definition) is 1. The van der Waals surface area contributed by atoms with E-state index in [1.165, 1.54) is 18.1 Å². The third kappa shape index (κ3) is 5.38. The predicted octanol–water partition coefficient (Wildman–Crippen LogP) is 5.43. The number of hydrogen-bond acceptors (Lipinski definition) is 6. The van der Waals surface area contributed by atoms with E-state index in [0.29, 0.717) is 24.2 Å². The van der Waals surface area contributed by atoms with E-state index in [2.05, 4.69) is 0 Å². The first-order valence-electron chi connectivity index (χ1n) is 11.2. The molecule has 1 heterocycles. The molecule has 0 aliphatic carbocycles. The van der Waals surface area contributed by atoms with Gasteiger partial charge in [-0.05, 0) is 63.6 Å². The smallest absolute Gasteiger partial charge is 0.411 e. The lowest BCUT2D eigenvalue weighted by Gasteiger charge is -2.39. The second-order valence-corrected chi connectivity index (χ2v) is 9.29. The maximum absolute atomic E-state index is 13.8. The van der Waals surface area contributed by atoms with Gasteiger partial charge in [0.2, 0.25) is 0 Å². The molecule has 182 valence electrons. The number of ether oxygens (including phenoxy) is 3. The summed E-state index contributed by atoms with van der Waals surface area (Å²) in [5.74, 6) is -0.356. The van der Waals surface area contributed by atoms with Crippen LogP contribution >= 0.6 is 0 Å². The molecule has 0 radical (unpaired) electrons. The summed E-state index contributed by atoms with van der Waals surface area (Å²) < 4.78 is 30.2. The molecule has 0 unspecified atom stereocenters. The molecule has 0 aromatic heterocycles. The molecule has 8 heteroatoms. The molecule has 2 aromatic carbocycles. The van der Waals surface area contributed by atoms with Crippen molar-refractivity contribution in [3.63, 3.8) is 0 Å². The van der Waals surface area contributed by atoms with Crippen LogP contribution in [0.25, 0.3) is 0 Å². The van der Waals surface area contributed by atoms with Crippen LogP contribution in [0.1, 0.15) is 57.2 Å². The monoisotopic (exact) mass is 470 g/mol. The van der Waals surface area contributed by atoms with Gasteiger partial charge in [-0.15, -0.1) is 0 Å². The summed E-state index contributed by atoms with van der Waals surface area (Å²) in [5, 5.41) is 7.65. The molecule has 1 N–H and O–H groups in total. The van der Waals surface area contributed by atoms with Crippen LogP contribution in [0.5, 0.6) is 5.75 Å². The van der Waals surface area contributed by atoms with Crippen molar-refractivity contribution in [2.45, 2.75) is 63.8 Å². The van der Waals surface area contributed by atoms with Crippen molar-refractivity contribution in [3.8, 4) is 5.75 Å². The second kappa shape index (κ2) is 10.2. The fourth-order valence-corrected chi connectivity index (χ4v) is 4.26. The lowest BCUT2D eigenvalue weighted by Crippen LogP contribution is -2.55. The van der Waals surface area contributed by atoms with Gasteiger partial charge in [-0.3, -0.25) is 4.90 Å². The Hall–Kier alpha value is -3.42. The van der Waals surface area contributed by atoms with Crippen LogP contribution in [-0.2, 0) is 20.9 Å². The molecule has 0 saturated carbocycles. The van der Waals surface area contributed by atoms with Crippen LogP contribution in [0.3, 0.4) is 0 Å². The van der Waals surface area contributed by atoms with E-state index in [1.54, 1.807) is 51.1 Å². The van der Waals surface area contributed by atoms with E-state index in [9.17, 15) is 14.0 Å². The van der Waals surface area contributed by atoms with Crippen LogP contribution in [0.15, 0.2) is 48.5 Å². The summed E-state index contributed by atoms with van der Waals surface area (Å²) in [5.41, 5.74) is -0.835. The van der Waals surface area contributed by atoms with Gasteiger partial charge in [0.25, 0.3) is 0 Å². The molecule has 3 rings (SSSR count). The molecule has 1 saturated heterocycles. The SMILES string of the molecule is COC(=O)[C@]1(CC=N)CC[C@H](c2ccc(OCc3ccccc3F)cc2)N1C(=O)OC(C)(C)C. The summed E-state index contributed by atoms with van der Waals surface area (Å²) in [6, 6.07) is 13.1. The van der Waals surface area contributed by atoms with Gasteiger partial charge in [-0.1, -0.05) is 30.3 Å². The predicted molar refractivity (Wildman–Crippen MR) is 125 cm³/mol. The first kappa shape index (κ1) is 25.2. The molecular formula is C26H31FN2O5. The number of rotatable bonds is 7. The van der Waals surface area contributed by atoms with E-state index in [-0.39, 0.29) is 18.8 Å². The summed E-state index contributed by atoms with van der Waals surface area (Å²) in [4.78, 5) is 27.6. The topological polar surface area (TPSA) is 88.9 Å². The summed E-state index contributed by atoms with van der Waals surface area (Å²) >= 11 is 0. The van der Waals surface area contributed by atoms with Crippen LogP contribution in [0, 0.1) is 11.2 Å². The van der Waals surface area contributed by atoms with Gasteiger partial charge < -0.3 is 19.6 Å². The summed E-state index contributed by atoms with van der Waals surface area (Å²) in [6.07, 6.45) is 1.35. The summed E-state index contributed by atoms with van der Waals surface area (Å²) in [7, 11) is 1.27. The number of benzene rings is 2. The molecular weight excluding hydrogens is 439 g/mol. The number of amides is 1. The summed E-state index contributed by atoms with van der Waals surface area (Å²) in [6.45, 7) is 5.36. The Bertz CT molecular complexity index is 1030. The Morgan fingerprint density at radius 3 is 2.44 bits per heavy atom. The molecule has 0 bridgehead atoms. The molecule has 1 aliphatic rings. The lowest BCUT2D eigenvalue weighted by atomic mass is 9.92. The average molecular weight is 471 g/mol. The molecule has 0 spiro atoms. The normalized spacial score (nSPS) is 20.0. The number of esters is 1. The van der Waals surface area contributed by atoms with Crippen molar-refractivity contribution in [2.75, 3.05) is 7.11 Å². The highest BCUT2D eigenvalue weighted by atomic mass is 19.1. The van der Waals surface area contributed by atoms with Crippen LogP contribution in [0.2, 0.25) is 0 Å². The standard InChI is InChI=1S/C26H31FN2O5/c1-25(2,3)34-24(31)29-22(13-14-26(29,15-16-28)23(30)32-4)18-9-11-20(12-10-18)33-17-19-7-5-6-8-21(19)27/h5-12,16,22,28H,13-15,17H2,1-4H3/t22-,26-/m1/s1. The number of nitrogens with one attached hydrogen (secondary N) is 1. The van der Waals surface area contributed by atoms with Crippen LogP contribution in [-0.4, -0.2) is 41.4 Å². The molecule has 2 atom stereocenters. The number of carbonyl (C=O) groups excluding carboxylic acids is 2. The van der Waals surface area contributed by atoms with Gasteiger partial charge in [0.05, 0.1) is 13.2 Å². The highest BCUT2D eigenvalue weighted by molar-refractivity contribution is 5.89. The van der Waals surface area contributed by atoms with Gasteiger partial charge >= 0.3 is 12.1 Å². The maximum atomic E-state index is 13.8. The van der Waals surface area contributed by atoms with Gasteiger partial charge in [-0.2, -0.15) is 0 Å². The van der Waals surface area contributed by atoms with Gasteiger partial charge in [0, 0.05) is 12.0 Å². The first-order valence-corrected chi connectivity index (χ1v) is 11.2. The minimum Gasteiger partial charge on any atom is -0.489 e. The molecule has 2 aromatic rings. The Morgan fingerprint density at radius 2 is 1.85 bits per heavy atom. The zero-order chi connectivity index (χ0) is 24.9. The lowest BCUT2D eigenvalue weighted by molar-refractivity contribution is -0.153. The molecule has 34 heavy (non-hydrogen) atoms. The van der Waals surface area contributed by atoms with Gasteiger partial charge in [0.1, 0.15) is 29.3 Å². The Kier molecular flexibility index (Phi) is 7.59. The van der Waals surface area contributed by atoms with E-state index in [4.69, 9.17) is 19.6 Å². The van der Waals surface area contributed by atoms with Crippen molar-refractivity contribution in [2.24, 2.45) is 0 Å². The fourth-order valence-electron chi connectivity index (χ4n) is 4.26. The Balaban J connectivity index is 1.87. The van der Waals surface area contributed by atoms with Crippen molar-refractivity contribution in [3.05, 3.63) is 65.5 Å². The van der Waals surface area contributed by atoms with Crippen molar-refractivity contribution in [1.82, 2.24) is 4.90 Å². The minimum absolute atomic E-state index is 0.0270. The molecule has 1 fully saturated rings. The highest BCUT2D eigenvalue weighted by Gasteiger charge is 2.55. The number of methoxy groups -OCH3 is 1. The quantitative estimate of drug-likeness (QED) is 0.431. The van der Waals surface area contributed by atoms with E-state index in [0.717, 1.165) is 11.8 Å². The zero-order valence-corrected chi connectivity index (χ0v) is 20.0. The highest BCUT2D eigenvalue weighted by Crippen LogP contribution is 2.46. The van der Waals surface area contributed by atoms with Crippen molar-refractivity contribution >= 4 is 18.3 Å². The van der Waals surface area contributed by atoms with Crippen molar-refractivity contribution < 1.29 is 28.2 Å². The third-order valence-corrected chi connectivity index (χ3v) is 5.82. The van der Waals surface area contributed by atoms with Gasteiger partial charge in [-0.25, -0.2) is 14.0 Å². The Labute approximate surface area is 199 Å². The number of likely N-dealkylation sites (tertiary alicyclic amines) is 1. The second-order valence-electron chi connectivity index (χ2n) is 9.29. The largest absolute Gasteiger partial charge is 0.489 e. The molecule has 1 aliphatic heterocycles. The molecule has 1 amide bonds. The number of carbonyl (C=O) groups is 2. The number of nitrogens with zero attached hydrogens (tertiary/aromatic N) is 1. The average Bonchev–Trinajstić information content (AvgIpc) is 3.18. The van der Waals surface area contributed by atoms with E-state index in [1.807, 2.05) is 12.1 Å². The molecule has 7 nitrogen and oxygen atoms in total. The van der Waals surface area contributed by atoms with E-state index < -0.39 is 29.2 Å². The maximum Gasteiger partial charge on any atom is 0.411 e.